The molecule has 1 aromatic carbocycles. The van der Waals surface area contributed by atoms with Crippen LogP contribution in [0.2, 0.25) is 0 Å². The molecule has 4 rings (SSSR count). The Balaban J connectivity index is 1.85. The summed E-state index contributed by atoms with van der Waals surface area (Å²) in [6.07, 6.45) is 2.29. The lowest BCUT2D eigenvalue weighted by molar-refractivity contribution is 0.577. The smallest absolute Gasteiger partial charge is 0.123 e. The minimum absolute atomic E-state index is 0.0748. The second-order valence-electron chi connectivity index (χ2n) is 5.43. The molecule has 3 heterocycles. The van der Waals surface area contributed by atoms with Gasteiger partial charge in [0.2, 0.25) is 0 Å². The third-order valence-electron chi connectivity index (χ3n) is 4.39. The maximum atomic E-state index is 4.66. The van der Waals surface area contributed by atoms with Crippen molar-refractivity contribution in [2.45, 2.75) is 25.3 Å². The molecule has 1 aromatic rings. The Morgan fingerprint density at radius 1 is 1.35 bits per heavy atom. The fourth-order valence-corrected chi connectivity index (χ4v) is 3.61. The van der Waals surface area contributed by atoms with Crippen LogP contribution in [-0.4, -0.2) is 31.0 Å². The van der Waals surface area contributed by atoms with Gasteiger partial charge >= 0.3 is 0 Å². The highest BCUT2D eigenvalue weighted by molar-refractivity contribution is 5.98. The van der Waals surface area contributed by atoms with E-state index in [1.54, 1.807) is 0 Å². The van der Waals surface area contributed by atoms with E-state index in [1.807, 2.05) is 0 Å². The summed E-state index contributed by atoms with van der Waals surface area (Å²) in [4.78, 5) is 7.22. The van der Waals surface area contributed by atoms with E-state index in [9.17, 15) is 0 Å². The van der Waals surface area contributed by atoms with E-state index in [0.717, 1.165) is 26.1 Å². The number of nitrogens with one attached hydrogen (secondary N) is 1. The molecule has 0 amide bonds. The standard InChI is InChI=1S/C14H17N3/c1-14(13-15-6-7-16-13)9-11-4-2-3-10-5-8-17(14)12(10)11/h2-4H,5-9H2,1H3,(H,15,16). The fourth-order valence-electron chi connectivity index (χ4n) is 3.61. The van der Waals surface area contributed by atoms with Gasteiger partial charge in [-0.05, 0) is 24.5 Å². The maximum absolute atomic E-state index is 4.66. The summed E-state index contributed by atoms with van der Waals surface area (Å²) in [5, 5.41) is 3.47. The predicted molar refractivity (Wildman–Crippen MR) is 69.9 cm³/mol. The van der Waals surface area contributed by atoms with Crippen LogP contribution in [0.25, 0.3) is 0 Å². The van der Waals surface area contributed by atoms with Gasteiger partial charge in [-0.2, -0.15) is 0 Å². The highest BCUT2D eigenvalue weighted by Gasteiger charge is 2.47. The molecule has 1 atom stereocenters. The number of rotatable bonds is 1. The van der Waals surface area contributed by atoms with E-state index >= 15 is 0 Å². The number of aliphatic imine (C=N–C) groups is 1. The van der Waals surface area contributed by atoms with Gasteiger partial charge in [-0.3, -0.25) is 4.99 Å². The molecule has 0 bridgehead atoms. The zero-order valence-corrected chi connectivity index (χ0v) is 10.2. The van der Waals surface area contributed by atoms with Gasteiger partial charge in [0.05, 0.1) is 12.1 Å². The van der Waals surface area contributed by atoms with Crippen molar-refractivity contribution in [3.63, 3.8) is 0 Å². The molecule has 0 spiro atoms. The monoisotopic (exact) mass is 227 g/mol. The van der Waals surface area contributed by atoms with Crippen molar-refractivity contribution in [2.24, 2.45) is 4.99 Å². The summed E-state index contributed by atoms with van der Waals surface area (Å²) in [6.45, 7) is 5.41. The summed E-state index contributed by atoms with van der Waals surface area (Å²) in [5.74, 6) is 1.20. The van der Waals surface area contributed by atoms with E-state index in [4.69, 9.17) is 0 Å². The topological polar surface area (TPSA) is 27.6 Å². The summed E-state index contributed by atoms with van der Waals surface area (Å²) in [5.41, 5.74) is 4.58. The molecule has 88 valence electrons. The number of amidine groups is 1. The summed E-state index contributed by atoms with van der Waals surface area (Å²) in [6, 6.07) is 6.75. The number of anilines is 1. The van der Waals surface area contributed by atoms with Gasteiger partial charge in [0.25, 0.3) is 0 Å². The first-order chi connectivity index (χ1) is 8.29. The van der Waals surface area contributed by atoms with Crippen LogP contribution in [-0.2, 0) is 12.8 Å². The van der Waals surface area contributed by atoms with Crippen LogP contribution in [0.5, 0.6) is 0 Å². The molecule has 0 radical (unpaired) electrons. The molecule has 3 aliphatic heterocycles. The van der Waals surface area contributed by atoms with Crippen molar-refractivity contribution in [1.29, 1.82) is 0 Å². The first kappa shape index (κ1) is 9.51. The Labute approximate surface area is 102 Å². The Morgan fingerprint density at radius 2 is 2.24 bits per heavy atom. The number of para-hydroxylation sites is 1. The lowest BCUT2D eigenvalue weighted by Gasteiger charge is -2.35. The van der Waals surface area contributed by atoms with Gasteiger partial charge in [-0.25, -0.2) is 0 Å². The largest absolute Gasteiger partial charge is 0.370 e. The van der Waals surface area contributed by atoms with Crippen molar-refractivity contribution >= 4 is 11.5 Å². The fraction of sp³-hybridized carbons (Fsp3) is 0.500. The van der Waals surface area contributed by atoms with Gasteiger partial charge < -0.3 is 10.2 Å². The lowest BCUT2D eigenvalue weighted by Crippen LogP contribution is -2.54. The molecule has 3 aliphatic rings. The zero-order valence-electron chi connectivity index (χ0n) is 10.2. The Kier molecular flexibility index (Phi) is 1.70. The molecule has 0 aromatic heterocycles. The van der Waals surface area contributed by atoms with Crippen molar-refractivity contribution in [2.75, 3.05) is 24.5 Å². The highest BCUT2D eigenvalue weighted by atomic mass is 15.3. The van der Waals surface area contributed by atoms with Gasteiger partial charge in [-0.1, -0.05) is 18.2 Å². The van der Waals surface area contributed by atoms with Crippen molar-refractivity contribution < 1.29 is 0 Å². The summed E-state index contributed by atoms with van der Waals surface area (Å²) in [7, 11) is 0. The van der Waals surface area contributed by atoms with Gasteiger partial charge in [0.15, 0.2) is 0 Å². The number of hydrogen-bond acceptors (Lipinski definition) is 3. The van der Waals surface area contributed by atoms with E-state index < -0.39 is 0 Å². The molecule has 3 nitrogen and oxygen atoms in total. The van der Waals surface area contributed by atoms with Crippen molar-refractivity contribution in [3.05, 3.63) is 29.3 Å². The van der Waals surface area contributed by atoms with Crippen LogP contribution in [0.1, 0.15) is 18.1 Å². The molecular weight excluding hydrogens is 210 g/mol. The molecule has 3 heteroatoms. The van der Waals surface area contributed by atoms with Crippen LogP contribution in [0.3, 0.4) is 0 Å². The Morgan fingerprint density at radius 3 is 3.06 bits per heavy atom. The van der Waals surface area contributed by atoms with E-state index in [0.29, 0.717) is 0 Å². The lowest BCUT2D eigenvalue weighted by atomic mass is 9.93. The summed E-state index contributed by atoms with van der Waals surface area (Å²) < 4.78 is 0. The SMILES string of the molecule is CC1(C2=NCCN2)Cc2cccc3c2N1CC3. The molecular formula is C14H17N3. The van der Waals surface area contributed by atoms with Crippen molar-refractivity contribution in [3.8, 4) is 0 Å². The normalized spacial score (nSPS) is 29.2. The second kappa shape index (κ2) is 3.03. The minimum Gasteiger partial charge on any atom is -0.370 e. The van der Waals surface area contributed by atoms with Gasteiger partial charge in [0, 0.05) is 25.2 Å². The van der Waals surface area contributed by atoms with Crippen molar-refractivity contribution in [1.82, 2.24) is 5.32 Å². The number of hydrogen-bond donors (Lipinski definition) is 1. The van der Waals surface area contributed by atoms with Crippen LogP contribution < -0.4 is 10.2 Å². The third kappa shape index (κ3) is 1.09. The van der Waals surface area contributed by atoms with E-state index in [2.05, 4.69) is 40.3 Å². The average Bonchev–Trinajstić information content (AvgIpc) is 3.03. The molecule has 0 aliphatic carbocycles. The predicted octanol–water partition coefficient (Wildman–Crippen LogP) is 1.37. The van der Waals surface area contributed by atoms with Crippen LogP contribution >= 0.6 is 0 Å². The minimum atomic E-state index is 0.0748. The first-order valence-electron chi connectivity index (χ1n) is 6.46. The second-order valence-corrected chi connectivity index (χ2v) is 5.43. The number of benzene rings is 1. The summed E-state index contributed by atoms with van der Waals surface area (Å²) >= 11 is 0. The zero-order chi connectivity index (χ0) is 11.5. The maximum Gasteiger partial charge on any atom is 0.123 e. The molecule has 1 unspecified atom stereocenters. The Hall–Kier alpha value is -1.51. The van der Waals surface area contributed by atoms with Crippen LogP contribution in [0.15, 0.2) is 23.2 Å². The number of nitrogens with zero attached hydrogens (tertiary/aromatic N) is 2. The van der Waals surface area contributed by atoms with Crippen LogP contribution in [0, 0.1) is 0 Å². The molecule has 0 saturated heterocycles. The first-order valence-corrected chi connectivity index (χ1v) is 6.46. The van der Waals surface area contributed by atoms with Gasteiger partial charge in [0.1, 0.15) is 5.84 Å². The molecule has 0 saturated carbocycles. The highest BCUT2D eigenvalue weighted by Crippen LogP contribution is 2.45. The quantitative estimate of drug-likeness (QED) is 0.784. The van der Waals surface area contributed by atoms with Crippen LogP contribution in [0.4, 0.5) is 5.69 Å². The third-order valence-corrected chi connectivity index (χ3v) is 4.39. The Bertz CT molecular complexity index is 520. The van der Waals surface area contributed by atoms with E-state index in [-0.39, 0.29) is 5.54 Å². The molecule has 0 fully saturated rings. The van der Waals surface area contributed by atoms with E-state index in [1.165, 1.54) is 29.1 Å². The molecule has 17 heavy (non-hydrogen) atoms. The average molecular weight is 227 g/mol. The molecule has 1 N–H and O–H groups in total. The van der Waals surface area contributed by atoms with Gasteiger partial charge in [-0.15, -0.1) is 0 Å².